The van der Waals surface area contributed by atoms with Gasteiger partial charge >= 0.3 is 0 Å². The Kier molecular flexibility index (Phi) is 6.51. The van der Waals surface area contributed by atoms with Crippen LogP contribution in [0.5, 0.6) is 5.75 Å². The number of benzene rings is 1. The second kappa shape index (κ2) is 7.60. The van der Waals surface area contributed by atoms with Gasteiger partial charge in [0.25, 0.3) is 11.8 Å². The van der Waals surface area contributed by atoms with Crippen molar-refractivity contribution in [2.24, 2.45) is 5.73 Å². The number of halogens is 3. The molecule has 7 nitrogen and oxygen atoms in total. The summed E-state index contributed by atoms with van der Waals surface area (Å²) in [4.78, 5) is 12.8. The van der Waals surface area contributed by atoms with Gasteiger partial charge in [-0.3, -0.25) is 4.79 Å². The second-order valence-corrected chi connectivity index (χ2v) is 7.24. The van der Waals surface area contributed by atoms with Crippen LogP contribution in [0.15, 0.2) is 17.0 Å². The minimum absolute atomic E-state index is 0.0630. The zero-order valence-electron chi connectivity index (χ0n) is 13.3. The number of rotatable bonds is 7. The first kappa shape index (κ1) is 20.6. The number of sulfonamides is 1. The zero-order valence-corrected chi connectivity index (χ0v) is 14.8. The summed E-state index contributed by atoms with van der Waals surface area (Å²) in [5, 5.41) is -0.0630. The number of nitrogens with zero attached hydrogens (tertiary/aromatic N) is 1. The van der Waals surface area contributed by atoms with Crippen molar-refractivity contribution in [1.82, 2.24) is 9.62 Å². The van der Waals surface area contributed by atoms with E-state index in [0.717, 1.165) is 13.2 Å². The largest absolute Gasteiger partial charge is 0.494 e. The van der Waals surface area contributed by atoms with Crippen LogP contribution in [0.25, 0.3) is 0 Å². The maximum absolute atomic E-state index is 13.2. The minimum atomic E-state index is -4.42. The van der Waals surface area contributed by atoms with Crippen LogP contribution in [0.4, 0.5) is 8.78 Å². The fraction of sp³-hybridized carbons (Fsp3) is 0.462. The van der Waals surface area contributed by atoms with Crippen molar-refractivity contribution in [3.8, 4) is 5.75 Å². The van der Waals surface area contributed by atoms with Crippen LogP contribution in [-0.2, 0) is 10.0 Å². The number of hydrogen-bond acceptors (Lipinski definition) is 5. The molecule has 0 bridgehead atoms. The lowest BCUT2D eigenvalue weighted by atomic mass is 10.2. The molecule has 24 heavy (non-hydrogen) atoms. The van der Waals surface area contributed by atoms with E-state index in [4.69, 9.17) is 22.1 Å². The Hall–Kier alpha value is -1.49. The molecule has 0 saturated carbocycles. The van der Waals surface area contributed by atoms with E-state index in [2.05, 4.69) is 0 Å². The standard InChI is InChI=1S/C13H18ClF2N3O4S/c1-19(2)12(20)9-4-8(14)5-10(11(9)23-3)24(21,22)18-7-13(15,16)6-17/h4-5,18H,6-7,17H2,1-3H3. The smallest absolute Gasteiger partial charge is 0.273 e. The van der Waals surface area contributed by atoms with Gasteiger partial charge in [0, 0.05) is 19.1 Å². The van der Waals surface area contributed by atoms with E-state index in [9.17, 15) is 22.0 Å². The second-order valence-electron chi connectivity index (χ2n) is 5.07. The Labute approximate surface area is 143 Å². The topological polar surface area (TPSA) is 102 Å². The van der Waals surface area contributed by atoms with E-state index in [1.54, 1.807) is 4.72 Å². The molecule has 0 unspecified atom stereocenters. The number of nitrogens with one attached hydrogen (secondary N) is 1. The molecule has 136 valence electrons. The Morgan fingerprint density at radius 1 is 1.42 bits per heavy atom. The van der Waals surface area contributed by atoms with E-state index < -0.39 is 39.8 Å². The van der Waals surface area contributed by atoms with Gasteiger partial charge in [-0.2, -0.15) is 0 Å². The van der Waals surface area contributed by atoms with Crippen LogP contribution in [0, 0.1) is 0 Å². The molecule has 0 aromatic heterocycles. The third-order valence-electron chi connectivity index (χ3n) is 2.97. The first-order valence-corrected chi connectivity index (χ1v) is 8.48. The summed E-state index contributed by atoms with van der Waals surface area (Å²) in [6.45, 7) is -2.22. The summed E-state index contributed by atoms with van der Waals surface area (Å²) in [6, 6.07) is 2.24. The van der Waals surface area contributed by atoms with Crippen LogP contribution in [0.1, 0.15) is 10.4 Å². The molecule has 1 rings (SSSR count). The van der Waals surface area contributed by atoms with Crippen molar-refractivity contribution in [2.75, 3.05) is 34.3 Å². The molecule has 0 radical (unpaired) electrons. The highest BCUT2D eigenvalue weighted by atomic mass is 35.5. The average molecular weight is 386 g/mol. The molecule has 1 aromatic carbocycles. The van der Waals surface area contributed by atoms with Gasteiger partial charge in [0.1, 0.15) is 4.90 Å². The van der Waals surface area contributed by atoms with Crippen LogP contribution in [0.2, 0.25) is 5.02 Å². The highest BCUT2D eigenvalue weighted by molar-refractivity contribution is 7.89. The fourth-order valence-electron chi connectivity index (χ4n) is 1.73. The number of alkyl halides is 2. The number of amides is 1. The maximum Gasteiger partial charge on any atom is 0.273 e. The number of nitrogens with two attached hydrogens (primary N) is 1. The normalized spacial score (nSPS) is 12.1. The van der Waals surface area contributed by atoms with Crippen LogP contribution in [-0.4, -0.2) is 59.4 Å². The third kappa shape index (κ3) is 4.76. The van der Waals surface area contributed by atoms with E-state index >= 15 is 0 Å². The quantitative estimate of drug-likeness (QED) is 0.726. The zero-order chi connectivity index (χ0) is 18.7. The maximum atomic E-state index is 13.2. The molecule has 0 heterocycles. The lowest BCUT2D eigenvalue weighted by molar-refractivity contribution is 0.0170. The van der Waals surface area contributed by atoms with Crippen molar-refractivity contribution >= 4 is 27.5 Å². The molecule has 0 fully saturated rings. The average Bonchev–Trinajstić information content (AvgIpc) is 2.51. The van der Waals surface area contributed by atoms with Gasteiger partial charge in [0.05, 0.1) is 25.8 Å². The molecular weight excluding hydrogens is 368 g/mol. The van der Waals surface area contributed by atoms with Crippen molar-refractivity contribution in [2.45, 2.75) is 10.8 Å². The van der Waals surface area contributed by atoms with E-state index in [0.29, 0.717) is 0 Å². The first-order chi connectivity index (χ1) is 10.9. The molecule has 0 aliphatic heterocycles. The third-order valence-corrected chi connectivity index (χ3v) is 4.59. The highest BCUT2D eigenvalue weighted by Gasteiger charge is 2.32. The van der Waals surface area contributed by atoms with Crippen LogP contribution in [0.3, 0.4) is 0 Å². The van der Waals surface area contributed by atoms with Crippen LogP contribution >= 0.6 is 11.6 Å². The predicted molar refractivity (Wildman–Crippen MR) is 85.2 cm³/mol. The SMILES string of the molecule is COc1c(C(=O)N(C)C)cc(Cl)cc1S(=O)(=O)NCC(F)(F)CN. The Morgan fingerprint density at radius 2 is 2.00 bits per heavy atom. The molecule has 0 aliphatic rings. The highest BCUT2D eigenvalue weighted by Crippen LogP contribution is 2.32. The van der Waals surface area contributed by atoms with E-state index in [-0.39, 0.29) is 16.3 Å². The van der Waals surface area contributed by atoms with E-state index in [1.165, 1.54) is 25.1 Å². The lowest BCUT2D eigenvalue weighted by Crippen LogP contribution is -2.41. The molecule has 0 spiro atoms. The number of carbonyl (C=O) groups is 1. The fourth-order valence-corrected chi connectivity index (χ4v) is 3.29. The van der Waals surface area contributed by atoms with Gasteiger partial charge in [-0.25, -0.2) is 21.9 Å². The number of carbonyl (C=O) groups excluding carboxylic acids is 1. The summed E-state index contributed by atoms with van der Waals surface area (Å²) in [5.41, 5.74) is 4.76. The molecule has 11 heteroatoms. The van der Waals surface area contributed by atoms with Gasteiger partial charge in [0.2, 0.25) is 10.0 Å². The predicted octanol–water partition coefficient (Wildman–Crippen LogP) is 0.923. The molecule has 0 saturated heterocycles. The summed E-state index contributed by atoms with van der Waals surface area (Å²) in [5.74, 6) is -4.26. The summed E-state index contributed by atoms with van der Waals surface area (Å²) < 4.78 is 57.8. The Bertz CT molecular complexity index is 726. The number of methoxy groups -OCH3 is 1. The number of hydrogen-bond donors (Lipinski definition) is 2. The summed E-state index contributed by atoms with van der Waals surface area (Å²) in [6.07, 6.45) is 0. The molecular formula is C13H18ClF2N3O4S. The Morgan fingerprint density at radius 3 is 2.46 bits per heavy atom. The molecule has 1 amide bonds. The molecule has 1 aromatic rings. The van der Waals surface area contributed by atoms with Crippen molar-refractivity contribution in [1.29, 1.82) is 0 Å². The molecule has 3 N–H and O–H groups in total. The molecule has 0 atom stereocenters. The van der Waals surface area contributed by atoms with Gasteiger partial charge in [-0.1, -0.05) is 11.6 Å². The molecule has 0 aliphatic carbocycles. The summed E-state index contributed by atoms with van der Waals surface area (Å²) in [7, 11) is -0.350. The minimum Gasteiger partial charge on any atom is -0.494 e. The van der Waals surface area contributed by atoms with Gasteiger partial charge in [-0.05, 0) is 12.1 Å². The van der Waals surface area contributed by atoms with Gasteiger partial charge in [-0.15, -0.1) is 0 Å². The first-order valence-electron chi connectivity index (χ1n) is 6.62. The summed E-state index contributed by atoms with van der Waals surface area (Å²) >= 11 is 5.86. The van der Waals surface area contributed by atoms with Gasteiger partial charge < -0.3 is 15.4 Å². The van der Waals surface area contributed by atoms with Crippen molar-refractivity contribution in [3.63, 3.8) is 0 Å². The Balaban J connectivity index is 3.40. The monoisotopic (exact) mass is 385 g/mol. The van der Waals surface area contributed by atoms with E-state index in [1.807, 2.05) is 0 Å². The van der Waals surface area contributed by atoms with Crippen LogP contribution < -0.4 is 15.2 Å². The van der Waals surface area contributed by atoms with Gasteiger partial charge in [0.15, 0.2) is 5.75 Å². The van der Waals surface area contributed by atoms with Crippen molar-refractivity contribution in [3.05, 3.63) is 22.7 Å². The van der Waals surface area contributed by atoms with Crippen molar-refractivity contribution < 1.29 is 26.7 Å². The lowest BCUT2D eigenvalue weighted by Gasteiger charge is -2.19. The number of ether oxygens (including phenoxy) is 1.